The third-order valence-electron chi connectivity index (χ3n) is 7.16. The van der Waals surface area contributed by atoms with Gasteiger partial charge >= 0.3 is 0 Å². The molecule has 5 aromatic carbocycles. The molecule has 0 aliphatic rings. The maximum atomic E-state index is 4.47. The van der Waals surface area contributed by atoms with Crippen molar-refractivity contribution in [3.05, 3.63) is 139 Å². The Labute approximate surface area is 235 Å². The number of hydrogen-bond acceptors (Lipinski definition) is 3. The van der Waals surface area contributed by atoms with E-state index < -0.39 is 0 Å². The van der Waals surface area contributed by atoms with Crippen molar-refractivity contribution in [1.29, 1.82) is 0 Å². The number of rotatable bonds is 7. The highest BCUT2D eigenvalue weighted by Crippen LogP contribution is 2.43. The van der Waals surface area contributed by atoms with Gasteiger partial charge in [-0.1, -0.05) is 109 Å². The van der Waals surface area contributed by atoms with E-state index in [9.17, 15) is 0 Å². The lowest BCUT2D eigenvalue weighted by Crippen LogP contribution is -1.97. The average Bonchev–Trinajstić information content (AvgIpc) is 3.02. The first kappa shape index (κ1) is 25.0. The van der Waals surface area contributed by atoms with Gasteiger partial charge in [-0.2, -0.15) is 0 Å². The van der Waals surface area contributed by atoms with E-state index in [1.807, 2.05) is 31.3 Å². The van der Waals surface area contributed by atoms with Crippen molar-refractivity contribution in [2.45, 2.75) is 6.92 Å². The summed E-state index contributed by atoms with van der Waals surface area (Å²) in [7, 11) is 0. The summed E-state index contributed by atoms with van der Waals surface area (Å²) in [5.74, 6) is 0. The van der Waals surface area contributed by atoms with Gasteiger partial charge in [0.1, 0.15) is 0 Å². The van der Waals surface area contributed by atoms with Gasteiger partial charge in [-0.3, -0.25) is 9.98 Å². The summed E-state index contributed by atoms with van der Waals surface area (Å²) in [4.78, 5) is 8.72. The van der Waals surface area contributed by atoms with E-state index in [1.165, 1.54) is 16.5 Å². The molecule has 0 fully saturated rings. The molecular weight excluding hydrogens is 486 g/mol. The number of nitrogens with one attached hydrogen (secondary N) is 1. The van der Waals surface area contributed by atoms with Crippen molar-refractivity contribution in [3.8, 4) is 33.4 Å². The Morgan fingerprint density at radius 1 is 0.650 bits per heavy atom. The zero-order chi connectivity index (χ0) is 27.3. The van der Waals surface area contributed by atoms with Crippen LogP contribution in [0.2, 0.25) is 0 Å². The zero-order valence-electron chi connectivity index (χ0n) is 22.4. The van der Waals surface area contributed by atoms with Gasteiger partial charge in [0, 0.05) is 40.3 Å². The molecule has 6 rings (SSSR count). The molecule has 0 amide bonds. The Morgan fingerprint density at radius 2 is 1.35 bits per heavy atom. The first-order valence-corrected chi connectivity index (χ1v) is 13.4. The highest BCUT2D eigenvalue weighted by atomic mass is 14.9. The highest BCUT2D eigenvalue weighted by Gasteiger charge is 2.15. The fraction of sp³-hybridized carbons (Fsp3) is 0.0270. The van der Waals surface area contributed by atoms with E-state index in [-0.39, 0.29) is 0 Å². The molecule has 3 nitrogen and oxygen atoms in total. The van der Waals surface area contributed by atoms with Crippen LogP contribution in [0.15, 0.2) is 139 Å². The maximum Gasteiger partial charge on any atom is 0.0793 e. The molecule has 0 aliphatic carbocycles. The lowest BCUT2D eigenvalue weighted by molar-refractivity contribution is 1.33. The van der Waals surface area contributed by atoms with Crippen LogP contribution in [0.3, 0.4) is 0 Å². The van der Waals surface area contributed by atoms with Gasteiger partial charge in [-0.05, 0) is 65.0 Å². The van der Waals surface area contributed by atoms with Crippen molar-refractivity contribution < 1.29 is 0 Å². The second-order valence-electron chi connectivity index (χ2n) is 9.60. The fourth-order valence-electron chi connectivity index (χ4n) is 5.27. The Kier molecular flexibility index (Phi) is 7.02. The van der Waals surface area contributed by atoms with E-state index >= 15 is 0 Å². The van der Waals surface area contributed by atoms with Crippen LogP contribution in [0, 0.1) is 0 Å². The summed E-state index contributed by atoms with van der Waals surface area (Å²) in [6.45, 7) is 5.93. The molecule has 192 valence electrons. The summed E-state index contributed by atoms with van der Waals surface area (Å²) in [5, 5.41) is 6.09. The number of allylic oxidation sites excluding steroid dienone is 1. The van der Waals surface area contributed by atoms with Gasteiger partial charge in [-0.25, -0.2) is 0 Å². The van der Waals surface area contributed by atoms with Crippen molar-refractivity contribution in [3.63, 3.8) is 0 Å². The second-order valence-corrected chi connectivity index (χ2v) is 9.60. The predicted molar refractivity (Wildman–Crippen MR) is 172 cm³/mol. The van der Waals surface area contributed by atoms with Crippen LogP contribution in [0.1, 0.15) is 12.5 Å². The van der Waals surface area contributed by atoms with Crippen molar-refractivity contribution in [2.24, 2.45) is 4.99 Å². The predicted octanol–water partition coefficient (Wildman–Crippen LogP) is 10.3. The standard InChI is InChI=1S/C37H29N3/c1-3-10-29-20-22-35(36(37(29)38-2)28-11-5-4-6-12-28)40-34-23-21-31(32-14-7-8-15-33(32)34)27-18-16-26(17-19-27)30-13-9-24-39-25-30/h3-25,40H,2H2,1H3/b10-3-. The van der Waals surface area contributed by atoms with E-state index in [0.717, 1.165) is 50.3 Å². The molecule has 0 aliphatic heterocycles. The summed E-state index contributed by atoms with van der Waals surface area (Å²) >= 11 is 0. The second kappa shape index (κ2) is 11.2. The number of nitrogens with zero attached hydrogens (tertiary/aromatic N) is 2. The largest absolute Gasteiger partial charge is 0.354 e. The highest BCUT2D eigenvalue weighted by molar-refractivity contribution is 6.05. The minimum absolute atomic E-state index is 0.865. The molecule has 1 N–H and O–H groups in total. The van der Waals surface area contributed by atoms with Crippen LogP contribution in [-0.4, -0.2) is 11.7 Å². The van der Waals surface area contributed by atoms with Crippen LogP contribution in [-0.2, 0) is 0 Å². The Morgan fingerprint density at radius 3 is 2.08 bits per heavy atom. The molecular formula is C37H29N3. The average molecular weight is 516 g/mol. The molecule has 0 saturated heterocycles. The molecule has 0 unspecified atom stereocenters. The summed E-state index contributed by atoms with van der Waals surface area (Å²) in [6, 6.07) is 40.3. The molecule has 0 saturated carbocycles. The summed E-state index contributed by atoms with van der Waals surface area (Å²) in [5.41, 5.74) is 10.7. The van der Waals surface area contributed by atoms with E-state index in [0.29, 0.717) is 0 Å². The van der Waals surface area contributed by atoms with E-state index in [2.05, 4.69) is 131 Å². The Bertz CT molecular complexity index is 1820. The van der Waals surface area contributed by atoms with Gasteiger partial charge in [0.25, 0.3) is 0 Å². The van der Waals surface area contributed by atoms with Crippen LogP contribution in [0.25, 0.3) is 50.2 Å². The van der Waals surface area contributed by atoms with Gasteiger partial charge in [0.2, 0.25) is 0 Å². The minimum Gasteiger partial charge on any atom is -0.354 e. The van der Waals surface area contributed by atoms with Gasteiger partial charge < -0.3 is 5.32 Å². The van der Waals surface area contributed by atoms with Crippen LogP contribution >= 0.6 is 0 Å². The molecule has 40 heavy (non-hydrogen) atoms. The first-order chi connectivity index (χ1) is 19.8. The number of benzene rings is 5. The summed E-state index contributed by atoms with van der Waals surface area (Å²) in [6.07, 6.45) is 7.80. The molecule has 0 radical (unpaired) electrons. The molecule has 0 atom stereocenters. The zero-order valence-corrected chi connectivity index (χ0v) is 22.4. The quantitative estimate of drug-likeness (QED) is 0.215. The lowest BCUT2D eigenvalue weighted by atomic mass is 9.94. The van der Waals surface area contributed by atoms with Gasteiger partial charge in [0.05, 0.1) is 5.69 Å². The number of hydrogen-bond donors (Lipinski definition) is 1. The molecule has 0 bridgehead atoms. The Balaban J connectivity index is 1.44. The lowest BCUT2D eigenvalue weighted by Gasteiger charge is -2.19. The normalized spacial score (nSPS) is 11.1. The number of fused-ring (bicyclic) bond motifs is 1. The van der Waals surface area contributed by atoms with Crippen molar-refractivity contribution in [2.75, 3.05) is 5.32 Å². The third-order valence-corrected chi connectivity index (χ3v) is 7.16. The number of aromatic nitrogens is 1. The number of pyridine rings is 1. The van der Waals surface area contributed by atoms with Crippen molar-refractivity contribution in [1.82, 2.24) is 4.98 Å². The van der Waals surface area contributed by atoms with E-state index in [4.69, 9.17) is 0 Å². The molecule has 1 aromatic heterocycles. The minimum atomic E-state index is 0.865. The monoisotopic (exact) mass is 515 g/mol. The Hall–Kier alpha value is -5.28. The first-order valence-electron chi connectivity index (χ1n) is 13.4. The van der Waals surface area contributed by atoms with Crippen LogP contribution < -0.4 is 5.32 Å². The van der Waals surface area contributed by atoms with Crippen LogP contribution in [0.4, 0.5) is 17.1 Å². The fourth-order valence-corrected chi connectivity index (χ4v) is 5.27. The SMILES string of the molecule is C=Nc1c(/C=C\C)ccc(Nc2ccc(-c3ccc(-c4cccnc4)cc3)c3ccccc23)c1-c1ccccc1. The maximum absolute atomic E-state index is 4.47. The number of aliphatic imine (C=N–C) groups is 1. The summed E-state index contributed by atoms with van der Waals surface area (Å²) < 4.78 is 0. The van der Waals surface area contributed by atoms with Gasteiger partial charge in [-0.15, -0.1) is 0 Å². The molecule has 3 heteroatoms. The molecule has 0 spiro atoms. The topological polar surface area (TPSA) is 37.3 Å². The molecule has 6 aromatic rings. The third kappa shape index (κ3) is 4.81. The van der Waals surface area contributed by atoms with E-state index in [1.54, 1.807) is 6.20 Å². The van der Waals surface area contributed by atoms with Crippen molar-refractivity contribution >= 4 is 40.6 Å². The van der Waals surface area contributed by atoms with Crippen LogP contribution in [0.5, 0.6) is 0 Å². The molecule has 1 heterocycles. The number of anilines is 2. The smallest absolute Gasteiger partial charge is 0.0793 e. The van der Waals surface area contributed by atoms with Gasteiger partial charge in [0.15, 0.2) is 0 Å².